The lowest BCUT2D eigenvalue weighted by Crippen LogP contribution is -2.22. The highest BCUT2D eigenvalue weighted by molar-refractivity contribution is 5.91. The number of rotatable bonds is 4. The maximum Gasteiger partial charge on any atom is 0.244 e. The molecule has 1 amide bonds. The SMILES string of the molecule is O=C(Cn1c(C2CCCCC2)nc2ccccc21)Nc1cccc(F)c1. The quantitative estimate of drug-likeness (QED) is 0.729. The monoisotopic (exact) mass is 351 g/mol. The van der Waals surface area contributed by atoms with Gasteiger partial charge >= 0.3 is 0 Å². The van der Waals surface area contributed by atoms with E-state index in [4.69, 9.17) is 4.98 Å². The molecular weight excluding hydrogens is 329 g/mol. The number of benzene rings is 2. The number of halogens is 1. The highest BCUT2D eigenvalue weighted by atomic mass is 19.1. The molecular formula is C21H22FN3O. The Morgan fingerprint density at radius 1 is 1.12 bits per heavy atom. The fraction of sp³-hybridized carbons (Fsp3) is 0.333. The molecule has 0 atom stereocenters. The first-order valence-corrected chi connectivity index (χ1v) is 9.21. The molecule has 1 aliphatic rings. The number of aromatic nitrogens is 2. The van der Waals surface area contributed by atoms with Crippen molar-refractivity contribution in [1.29, 1.82) is 0 Å². The van der Waals surface area contributed by atoms with Gasteiger partial charge in [-0.15, -0.1) is 0 Å². The summed E-state index contributed by atoms with van der Waals surface area (Å²) in [7, 11) is 0. The Kier molecular flexibility index (Phi) is 4.69. The third-order valence-electron chi connectivity index (χ3n) is 5.06. The number of imidazole rings is 1. The number of para-hydroxylation sites is 2. The predicted octanol–water partition coefficient (Wildman–Crippen LogP) is 4.86. The van der Waals surface area contributed by atoms with Gasteiger partial charge in [0.25, 0.3) is 0 Å². The molecule has 1 fully saturated rings. The van der Waals surface area contributed by atoms with Crippen LogP contribution in [-0.4, -0.2) is 15.5 Å². The molecule has 0 radical (unpaired) electrons. The van der Waals surface area contributed by atoms with Crippen LogP contribution < -0.4 is 5.32 Å². The lowest BCUT2D eigenvalue weighted by molar-refractivity contribution is -0.116. The highest BCUT2D eigenvalue weighted by Crippen LogP contribution is 2.33. The summed E-state index contributed by atoms with van der Waals surface area (Å²) in [5.41, 5.74) is 2.37. The van der Waals surface area contributed by atoms with Gasteiger partial charge < -0.3 is 9.88 Å². The molecule has 134 valence electrons. The van der Waals surface area contributed by atoms with E-state index >= 15 is 0 Å². The highest BCUT2D eigenvalue weighted by Gasteiger charge is 2.23. The average molecular weight is 351 g/mol. The average Bonchev–Trinajstić information content (AvgIpc) is 3.01. The fourth-order valence-corrected chi connectivity index (χ4v) is 3.84. The van der Waals surface area contributed by atoms with E-state index in [1.54, 1.807) is 12.1 Å². The molecule has 1 saturated carbocycles. The van der Waals surface area contributed by atoms with Crippen molar-refractivity contribution in [2.45, 2.75) is 44.6 Å². The van der Waals surface area contributed by atoms with Gasteiger partial charge in [-0.3, -0.25) is 4.79 Å². The van der Waals surface area contributed by atoms with Gasteiger partial charge in [0.1, 0.15) is 18.2 Å². The Morgan fingerprint density at radius 3 is 2.73 bits per heavy atom. The van der Waals surface area contributed by atoms with Gasteiger partial charge in [-0.1, -0.05) is 37.5 Å². The predicted molar refractivity (Wildman–Crippen MR) is 101 cm³/mol. The van der Waals surface area contributed by atoms with Crippen LogP contribution >= 0.6 is 0 Å². The second-order valence-corrected chi connectivity index (χ2v) is 6.94. The van der Waals surface area contributed by atoms with E-state index < -0.39 is 0 Å². The van der Waals surface area contributed by atoms with E-state index in [0.29, 0.717) is 11.6 Å². The Morgan fingerprint density at radius 2 is 1.92 bits per heavy atom. The number of nitrogens with one attached hydrogen (secondary N) is 1. The van der Waals surface area contributed by atoms with E-state index in [-0.39, 0.29) is 18.3 Å². The number of hydrogen-bond acceptors (Lipinski definition) is 2. The lowest BCUT2D eigenvalue weighted by Gasteiger charge is -2.22. The van der Waals surface area contributed by atoms with Crippen LogP contribution in [0.4, 0.5) is 10.1 Å². The van der Waals surface area contributed by atoms with Crippen LogP contribution in [-0.2, 0) is 11.3 Å². The van der Waals surface area contributed by atoms with Crippen LogP contribution in [0.3, 0.4) is 0 Å². The summed E-state index contributed by atoms with van der Waals surface area (Å²) in [6, 6.07) is 13.9. The zero-order valence-corrected chi connectivity index (χ0v) is 14.6. The smallest absolute Gasteiger partial charge is 0.244 e. The molecule has 4 rings (SSSR count). The lowest BCUT2D eigenvalue weighted by atomic mass is 9.88. The summed E-state index contributed by atoms with van der Waals surface area (Å²) in [5.74, 6) is 0.869. The second-order valence-electron chi connectivity index (χ2n) is 6.94. The minimum absolute atomic E-state index is 0.171. The van der Waals surface area contributed by atoms with Gasteiger partial charge in [0.2, 0.25) is 5.91 Å². The van der Waals surface area contributed by atoms with Crippen molar-refractivity contribution in [2.24, 2.45) is 0 Å². The van der Waals surface area contributed by atoms with Gasteiger partial charge in [-0.05, 0) is 43.2 Å². The fourth-order valence-electron chi connectivity index (χ4n) is 3.84. The van der Waals surface area contributed by atoms with Gasteiger partial charge in [-0.2, -0.15) is 0 Å². The van der Waals surface area contributed by atoms with Gasteiger partial charge in [0, 0.05) is 11.6 Å². The molecule has 0 unspecified atom stereocenters. The minimum atomic E-state index is -0.362. The summed E-state index contributed by atoms with van der Waals surface area (Å²) in [6.07, 6.45) is 5.94. The normalized spacial score (nSPS) is 15.3. The maximum atomic E-state index is 13.3. The Hall–Kier alpha value is -2.69. The molecule has 4 nitrogen and oxygen atoms in total. The molecule has 26 heavy (non-hydrogen) atoms. The van der Waals surface area contributed by atoms with Gasteiger partial charge in [0.15, 0.2) is 0 Å². The molecule has 0 aliphatic heterocycles. The molecule has 3 aromatic rings. The van der Waals surface area contributed by atoms with Crippen molar-refractivity contribution in [3.8, 4) is 0 Å². The topological polar surface area (TPSA) is 46.9 Å². The maximum absolute atomic E-state index is 13.3. The van der Waals surface area contributed by atoms with E-state index in [0.717, 1.165) is 29.7 Å². The van der Waals surface area contributed by atoms with E-state index in [1.807, 2.05) is 28.8 Å². The van der Waals surface area contributed by atoms with Crippen LogP contribution in [0.15, 0.2) is 48.5 Å². The Bertz CT molecular complexity index is 928. The number of fused-ring (bicyclic) bond motifs is 1. The molecule has 2 aromatic carbocycles. The van der Waals surface area contributed by atoms with Crippen molar-refractivity contribution >= 4 is 22.6 Å². The number of nitrogens with zero attached hydrogens (tertiary/aromatic N) is 2. The van der Waals surface area contributed by atoms with Crippen LogP contribution in [0.25, 0.3) is 11.0 Å². The first kappa shape index (κ1) is 16.8. The molecule has 5 heteroatoms. The summed E-state index contributed by atoms with van der Waals surface area (Å²) in [4.78, 5) is 17.4. The summed E-state index contributed by atoms with van der Waals surface area (Å²) in [6.45, 7) is 0.183. The van der Waals surface area contributed by atoms with Crippen molar-refractivity contribution in [3.63, 3.8) is 0 Å². The summed E-state index contributed by atoms with van der Waals surface area (Å²) < 4.78 is 15.4. The van der Waals surface area contributed by atoms with Crippen molar-refractivity contribution in [3.05, 3.63) is 60.2 Å². The Balaban J connectivity index is 1.62. The molecule has 1 heterocycles. The van der Waals surface area contributed by atoms with Gasteiger partial charge in [0.05, 0.1) is 11.0 Å². The number of carbonyl (C=O) groups excluding carboxylic acids is 1. The molecule has 1 N–H and O–H groups in total. The zero-order chi connectivity index (χ0) is 17.9. The molecule has 0 bridgehead atoms. The van der Waals surface area contributed by atoms with Crippen molar-refractivity contribution in [2.75, 3.05) is 5.32 Å². The van der Waals surface area contributed by atoms with E-state index in [2.05, 4.69) is 5.32 Å². The first-order chi connectivity index (χ1) is 12.7. The number of carbonyl (C=O) groups is 1. The van der Waals surface area contributed by atoms with Gasteiger partial charge in [-0.25, -0.2) is 9.37 Å². The second kappa shape index (κ2) is 7.28. The third kappa shape index (κ3) is 3.47. The van der Waals surface area contributed by atoms with E-state index in [9.17, 15) is 9.18 Å². The van der Waals surface area contributed by atoms with Crippen LogP contribution in [0, 0.1) is 5.82 Å². The standard InChI is InChI=1S/C21H22FN3O/c22-16-9-6-10-17(13-16)23-20(26)14-25-19-12-5-4-11-18(19)24-21(25)15-7-2-1-3-8-15/h4-6,9-13,15H,1-3,7-8,14H2,(H,23,26). The molecule has 0 saturated heterocycles. The van der Waals surface area contributed by atoms with Crippen molar-refractivity contribution in [1.82, 2.24) is 9.55 Å². The summed E-state index contributed by atoms with van der Waals surface area (Å²) in [5, 5.41) is 2.79. The summed E-state index contributed by atoms with van der Waals surface area (Å²) >= 11 is 0. The largest absolute Gasteiger partial charge is 0.324 e. The van der Waals surface area contributed by atoms with E-state index in [1.165, 1.54) is 31.4 Å². The molecule has 0 spiro atoms. The number of anilines is 1. The van der Waals surface area contributed by atoms with Crippen LogP contribution in [0.1, 0.15) is 43.8 Å². The van der Waals surface area contributed by atoms with Crippen LogP contribution in [0.2, 0.25) is 0 Å². The number of hydrogen-bond donors (Lipinski definition) is 1. The third-order valence-corrected chi connectivity index (χ3v) is 5.06. The molecule has 1 aromatic heterocycles. The minimum Gasteiger partial charge on any atom is -0.324 e. The Labute approximate surface area is 152 Å². The van der Waals surface area contributed by atoms with Crippen molar-refractivity contribution < 1.29 is 9.18 Å². The van der Waals surface area contributed by atoms with Crippen LogP contribution in [0.5, 0.6) is 0 Å². The number of amides is 1. The zero-order valence-electron chi connectivity index (χ0n) is 14.6. The molecule has 1 aliphatic carbocycles. The first-order valence-electron chi connectivity index (χ1n) is 9.21.